The van der Waals surface area contributed by atoms with Crippen molar-refractivity contribution >= 4 is 27.1 Å². The molecule has 1 unspecified atom stereocenters. The molecule has 2 saturated heterocycles. The van der Waals surface area contributed by atoms with Gasteiger partial charge in [-0.25, -0.2) is 8.42 Å². The molecule has 1 atom stereocenters. The molecule has 0 saturated carbocycles. The molecule has 2 aromatic rings. The number of piperazine rings is 1. The first-order chi connectivity index (χ1) is 14.7. The number of nitrogens with one attached hydrogen (secondary N) is 1. The topological polar surface area (TPSA) is 87.5 Å². The number of aryl methyl sites for hydroxylation is 2. The predicted octanol–water partition coefficient (Wildman–Crippen LogP) is 1.93. The number of aromatic nitrogens is 2. The summed E-state index contributed by atoms with van der Waals surface area (Å²) in [5.74, 6) is 0.428. The summed E-state index contributed by atoms with van der Waals surface area (Å²) in [5, 5.41) is 7.69. The van der Waals surface area contributed by atoms with Crippen molar-refractivity contribution in [1.82, 2.24) is 14.7 Å². The molecule has 9 heteroatoms. The third kappa shape index (κ3) is 4.77. The molecule has 31 heavy (non-hydrogen) atoms. The number of sulfone groups is 1. The van der Waals surface area contributed by atoms with Gasteiger partial charge in [0.25, 0.3) is 0 Å². The second-order valence-electron chi connectivity index (χ2n) is 8.65. The van der Waals surface area contributed by atoms with Crippen molar-refractivity contribution < 1.29 is 13.2 Å². The molecule has 1 amide bonds. The summed E-state index contributed by atoms with van der Waals surface area (Å²) in [4.78, 5) is 16.9. The van der Waals surface area contributed by atoms with Gasteiger partial charge in [-0.1, -0.05) is 18.2 Å². The third-order valence-corrected chi connectivity index (χ3v) is 8.07. The molecule has 2 aliphatic heterocycles. The van der Waals surface area contributed by atoms with Crippen LogP contribution in [-0.2, 0) is 14.6 Å². The number of hydrogen-bond donors (Lipinski definition) is 1. The maximum absolute atomic E-state index is 12.5. The van der Waals surface area contributed by atoms with E-state index in [9.17, 15) is 13.2 Å². The SMILES string of the molecule is Cc1ccccc1NC(=O)CN1CCN(c2c(C)nn(C3CCS(=O)(=O)C3)c2C)CC1. The highest BCUT2D eigenvalue weighted by Crippen LogP contribution is 2.31. The van der Waals surface area contributed by atoms with Crippen molar-refractivity contribution in [2.75, 3.05) is 54.4 Å². The van der Waals surface area contributed by atoms with Crippen molar-refractivity contribution in [2.45, 2.75) is 33.2 Å². The molecule has 8 nitrogen and oxygen atoms in total. The van der Waals surface area contributed by atoms with Gasteiger partial charge in [-0.3, -0.25) is 14.4 Å². The van der Waals surface area contributed by atoms with Crippen LogP contribution in [0.4, 0.5) is 11.4 Å². The standard InChI is InChI=1S/C22H31N5O3S/c1-16-6-4-5-7-20(16)23-21(28)14-25-9-11-26(12-10-25)22-17(2)24-27(18(22)3)19-8-13-31(29,30)15-19/h4-7,19H,8-15H2,1-3H3,(H,23,28). The van der Waals surface area contributed by atoms with E-state index in [0.29, 0.717) is 13.0 Å². The Labute approximate surface area is 184 Å². The number of nitrogens with zero attached hydrogens (tertiary/aromatic N) is 4. The van der Waals surface area contributed by atoms with Crippen molar-refractivity contribution in [1.29, 1.82) is 0 Å². The lowest BCUT2D eigenvalue weighted by Gasteiger charge is -2.36. The van der Waals surface area contributed by atoms with Crippen LogP contribution in [0.25, 0.3) is 0 Å². The van der Waals surface area contributed by atoms with Crippen LogP contribution in [0, 0.1) is 20.8 Å². The Kier molecular flexibility index (Phi) is 6.07. The van der Waals surface area contributed by atoms with Gasteiger partial charge in [-0.15, -0.1) is 0 Å². The van der Waals surface area contributed by atoms with Crippen molar-refractivity contribution in [3.8, 4) is 0 Å². The molecule has 0 bridgehead atoms. The van der Waals surface area contributed by atoms with E-state index < -0.39 is 9.84 Å². The van der Waals surface area contributed by atoms with Gasteiger partial charge in [0.1, 0.15) is 0 Å². The lowest BCUT2D eigenvalue weighted by atomic mass is 10.2. The number of rotatable bonds is 5. The van der Waals surface area contributed by atoms with Gasteiger partial charge in [0.2, 0.25) is 5.91 Å². The molecule has 0 aliphatic carbocycles. The van der Waals surface area contributed by atoms with Crippen LogP contribution in [0.5, 0.6) is 0 Å². The highest BCUT2D eigenvalue weighted by molar-refractivity contribution is 7.91. The van der Waals surface area contributed by atoms with Gasteiger partial charge in [-0.05, 0) is 38.8 Å². The molecular weight excluding hydrogens is 414 g/mol. The minimum absolute atomic E-state index is 0.00498. The molecule has 1 aromatic carbocycles. The fourth-order valence-electron chi connectivity index (χ4n) is 4.67. The first kappa shape index (κ1) is 21.8. The van der Waals surface area contributed by atoms with E-state index in [2.05, 4.69) is 20.2 Å². The second kappa shape index (κ2) is 8.63. The highest BCUT2D eigenvalue weighted by Gasteiger charge is 2.32. The third-order valence-electron chi connectivity index (χ3n) is 6.32. The van der Waals surface area contributed by atoms with Crippen LogP contribution in [0.2, 0.25) is 0 Å². The van der Waals surface area contributed by atoms with Crippen LogP contribution in [0.3, 0.4) is 0 Å². The predicted molar refractivity (Wildman–Crippen MR) is 122 cm³/mol. The number of benzene rings is 1. The molecule has 2 aliphatic rings. The Morgan fingerprint density at radius 2 is 1.84 bits per heavy atom. The molecule has 1 N–H and O–H groups in total. The zero-order valence-electron chi connectivity index (χ0n) is 18.5. The maximum atomic E-state index is 12.5. The minimum atomic E-state index is -2.95. The summed E-state index contributed by atoms with van der Waals surface area (Å²) in [6.45, 7) is 9.60. The van der Waals surface area contributed by atoms with Crippen LogP contribution in [0.15, 0.2) is 24.3 Å². The number of carbonyl (C=O) groups is 1. The smallest absolute Gasteiger partial charge is 0.238 e. The van der Waals surface area contributed by atoms with Crippen LogP contribution in [0.1, 0.15) is 29.4 Å². The molecule has 4 rings (SSSR count). The van der Waals surface area contributed by atoms with E-state index in [0.717, 1.165) is 54.5 Å². The van der Waals surface area contributed by atoms with E-state index in [1.54, 1.807) is 0 Å². The van der Waals surface area contributed by atoms with E-state index >= 15 is 0 Å². The fraction of sp³-hybridized carbons (Fsp3) is 0.545. The number of para-hydroxylation sites is 1. The van der Waals surface area contributed by atoms with Gasteiger partial charge in [0.05, 0.1) is 41.2 Å². The van der Waals surface area contributed by atoms with Gasteiger partial charge < -0.3 is 10.2 Å². The Balaban J connectivity index is 1.36. The second-order valence-corrected chi connectivity index (χ2v) is 10.9. The Morgan fingerprint density at radius 1 is 1.13 bits per heavy atom. The molecule has 3 heterocycles. The molecular formula is C22H31N5O3S. The zero-order valence-corrected chi connectivity index (χ0v) is 19.3. The van der Waals surface area contributed by atoms with Crippen molar-refractivity contribution in [2.24, 2.45) is 0 Å². The van der Waals surface area contributed by atoms with Gasteiger partial charge in [-0.2, -0.15) is 5.10 Å². The maximum Gasteiger partial charge on any atom is 0.238 e. The van der Waals surface area contributed by atoms with Crippen molar-refractivity contribution in [3.63, 3.8) is 0 Å². The number of amides is 1. The van der Waals surface area contributed by atoms with E-state index in [4.69, 9.17) is 0 Å². The molecule has 1 aromatic heterocycles. The minimum Gasteiger partial charge on any atom is -0.366 e. The number of carbonyl (C=O) groups excluding carboxylic acids is 1. The number of hydrogen-bond acceptors (Lipinski definition) is 6. The summed E-state index contributed by atoms with van der Waals surface area (Å²) < 4.78 is 25.7. The first-order valence-electron chi connectivity index (χ1n) is 10.8. The first-order valence-corrected chi connectivity index (χ1v) is 12.6. The van der Waals surface area contributed by atoms with E-state index in [1.165, 1.54) is 0 Å². The summed E-state index contributed by atoms with van der Waals surface area (Å²) in [6.07, 6.45) is 0.632. The van der Waals surface area contributed by atoms with Gasteiger partial charge in [0.15, 0.2) is 9.84 Å². The fourth-order valence-corrected chi connectivity index (χ4v) is 6.36. The van der Waals surface area contributed by atoms with Crippen LogP contribution < -0.4 is 10.2 Å². The van der Waals surface area contributed by atoms with E-state index in [-0.39, 0.29) is 23.5 Å². The summed E-state index contributed by atoms with van der Waals surface area (Å²) in [5.41, 5.74) is 4.99. The van der Waals surface area contributed by atoms with Crippen LogP contribution in [-0.4, -0.2) is 73.2 Å². The lowest BCUT2D eigenvalue weighted by molar-refractivity contribution is -0.117. The zero-order chi connectivity index (χ0) is 22.2. The molecule has 168 valence electrons. The monoisotopic (exact) mass is 445 g/mol. The Hall–Kier alpha value is -2.39. The van der Waals surface area contributed by atoms with Crippen LogP contribution >= 0.6 is 0 Å². The highest BCUT2D eigenvalue weighted by atomic mass is 32.2. The largest absolute Gasteiger partial charge is 0.366 e. The Morgan fingerprint density at radius 3 is 2.48 bits per heavy atom. The average molecular weight is 446 g/mol. The summed E-state index contributed by atoms with van der Waals surface area (Å²) >= 11 is 0. The molecule has 0 spiro atoms. The summed E-state index contributed by atoms with van der Waals surface area (Å²) in [6, 6.07) is 7.73. The normalized spacial score (nSPS) is 21.4. The van der Waals surface area contributed by atoms with E-state index in [1.807, 2.05) is 49.7 Å². The quantitative estimate of drug-likeness (QED) is 0.757. The Bertz CT molecular complexity index is 1070. The number of anilines is 2. The molecule has 0 radical (unpaired) electrons. The van der Waals surface area contributed by atoms with Gasteiger partial charge in [0, 0.05) is 31.9 Å². The average Bonchev–Trinajstić information content (AvgIpc) is 3.22. The van der Waals surface area contributed by atoms with Gasteiger partial charge >= 0.3 is 0 Å². The molecule has 2 fully saturated rings. The lowest BCUT2D eigenvalue weighted by Crippen LogP contribution is -2.49. The summed E-state index contributed by atoms with van der Waals surface area (Å²) in [7, 11) is -2.95. The van der Waals surface area contributed by atoms with Crippen molar-refractivity contribution in [3.05, 3.63) is 41.2 Å².